The summed E-state index contributed by atoms with van der Waals surface area (Å²) >= 11 is 0. The van der Waals surface area contributed by atoms with Crippen LogP contribution in [0.25, 0.3) is 11.0 Å². The van der Waals surface area contributed by atoms with Crippen LogP contribution in [0.1, 0.15) is 82.6 Å². The van der Waals surface area contributed by atoms with Crippen molar-refractivity contribution in [2.45, 2.75) is 101 Å². The van der Waals surface area contributed by atoms with Crippen LogP contribution in [-0.4, -0.2) is 68.5 Å². The van der Waals surface area contributed by atoms with Gasteiger partial charge < -0.3 is 14.2 Å². The summed E-state index contributed by atoms with van der Waals surface area (Å²) in [5, 5.41) is 0. The van der Waals surface area contributed by atoms with E-state index in [1.807, 2.05) is 18.7 Å². The van der Waals surface area contributed by atoms with Gasteiger partial charge in [0.2, 0.25) is 5.91 Å². The van der Waals surface area contributed by atoms with Crippen LogP contribution in [0, 0.1) is 12.8 Å². The van der Waals surface area contributed by atoms with Crippen LogP contribution in [0.4, 0.5) is 0 Å². The molecular weight excluding hydrogens is 524 g/mol. The summed E-state index contributed by atoms with van der Waals surface area (Å²) in [7, 11) is 0. The highest BCUT2D eigenvalue weighted by Gasteiger charge is 2.49. The fourth-order valence-electron chi connectivity index (χ4n) is 8.84. The molecule has 2 aromatic carbocycles. The molecule has 0 saturated carbocycles. The van der Waals surface area contributed by atoms with Crippen LogP contribution < -0.4 is 0 Å². The minimum Gasteiger partial charge on any atom is -0.459 e. The Bertz CT molecular complexity index is 1460. The molecule has 3 aromatic rings. The van der Waals surface area contributed by atoms with Crippen molar-refractivity contribution >= 4 is 22.9 Å². The third kappa shape index (κ3) is 4.74. The molecule has 5 heterocycles. The zero-order chi connectivity index (χ0) is 29.1. The first-order valence-corrected chi connectivity index (χ1v) is 16.0. The number of piperidine rings is 2. The molecule has 42 heavy (non-hydrogen) atoms. The van der Waals surface area contributed by atoms with Gasteiger partial charge in [-0.05, 0) is 95.4 Å². The molecular formula is C35H44N4O3. The van der Waals surface area contributed by atoms with E-state index in [0.717, 1.165) is 50.2 Å². The van der Waals surface area contributed by atoms with Gasteiger partial charge in [-0.1, -0.05) is 42.5 Å². The van der Waals surface area contributed by atoms with Crippen LogP contribution in [0.5, 0.6) is 0 Å². The van der Waals surface area contributed by atoms with E-state index in [0.29, 0.717) is 18.1 Å². The van der Waals surface area contributed by atoms with Crippen LogP contribution in [0.3, 0.4) is 0 Å². The summed E-state index contributed by atoms with van der Waals surface area (Å²) in [6.07, 6.45) is 8.16. The fourth-order valence-corrected chi connectivity index (χ4v) is 8.84. The van der Waals surface area contributed by atoms with Crippen LogP contribution in [0.2, 0.25) is 0 Å². The molecule has 0 aliphatic carbocycles. The number of imidazole rings is 1. The Balaban J connectivity index is 1.05. The van der Waals surface area contributed by atoms with Crippen LogP contribution >= 0.6 is 0 Å². The lowest BCUT2D eigenvalue weighted by Gasteiger charge is -2.46. The molecule has 0 radical (unpaired) electrons. The number of rotatable bonds is 6. The van der Waals surface area contributed by atoms with Crippen molar-refractivity contribution in [1.29, 1.82) is 0 Å². The average molecular weight is 569 g/mol. The van der Waals surface area contributed by atoms with Gasteiger partial charge in [-0.2, -0.15) is 0 Å². The number of fused-ring (bicyclic) bond motifs is 3. The fraction of sp³-hybridized carbons (Fsp3) is 0.571. The van der Waals surface area contributed by atoms with Crippen LogP contribution in [0.15, 0.2) is 54.6 Å². The summed E-state index contributed by atoms with van der Waals surface area (Å²) in [6.45, 7) is 8.46. The number of esters is 1. The number of hydrogen-bond acceptors (Lipinski definition) is 5. The van der Waals surface area contributed by atoms with Gasteiger partial charge in [0.05, 0.1) is 23.4 Å². The Morgan fingerprint density at radius 1 is 0.952 bits per heavy atom. The highest BCUT2D eigenvalue weighted by molar-refractivity contribution is 5.87. The van der Waals surface area contributed by atoms with Crippen molar-refractivity contribution in [1.82, 2.24) is 19.4 Å². The molecule has 7 nitrogen and oxygen atoms in total. The number of amides is 1. The summed E-state index contributed by atoms with van der Waals surface area (Å²) in [4.78, 5) is 35.2. The number of carbonyl (C=O) groups excluding carboxylic acids is 2. The smallest absolute Gasteiger partial charge is 0.307 e. The van der Waals surface area contributed by atoms with Crippen molar-refractivity contribution in [3.05, 3.63) is 66.0 Å². The molecule has 0 N–H and O–H groups in total. The lowest BCUT2D eigenvalue weighted by molar-refractivity contribution is -0.149. The van der Waals surface area contributed by atoms with Gasteiger partial charge in [-0.25, -0.2) is 4.98 Å². The normalized spacial score (nSPS) is 28.7. The first-order chi connectivity index (χ1) is 20.2. The second-order valence-electron chi connectivity index (χ2n) is 13.8. The maximum absolute atomic E-state index is 13.5. The van der Waals surface area contributed by atoms with E-state index >= 15 is 0 Å². The third-order valence-corrected chi connectivity index (χ3v) is 11.1. The number of benzene rings is 2. The Morgan fingerprint density at radius 3 is 2.29 bits per heavy atom. The highest BCUT2D eigenvalue weighted by atomic mass is 16.6. The molecule has 7 rings (SSSR count). The van der Waals surface area contributed by atoms with E-state index in [-0.39, 0.29) is 29.6 Å². The van der Waals surface area contributed by atoms with Gasteiger partial charge in [0, 0.05) is 31.2 Å². The van der Waals surface area contributed by atoms with Crippen molar-refractivity contribution in [3.63, 3.8) is 0 Å². The summed E-state index contributed by atoms with van der Waals surface area (Å²) in [6, 6.07) is 21.3. The molecule has 1 amide bonds. The van der Waals surface area contributed by atoms with Gasteiger partial charge in [-0.3, -0.25) is 14.5 Å². The number of aromatic nitrogens is 2. The van der Waals surface area contributed by atoms with E-state index in [9.17, 15) is 9.59 Å². The number of nitrogens with zero attached hydrogens (tertiary/aromatic N) is 4. The van der Waals surface area contributed by atoms with Gasteiger partial charge in [-0.15, -0.1) is 0 Å². The Labute approximate surface area is 249 Å². The summed E-state index contributed by atoms with van der Waals surface area (Å²) in [5.41, 5.74) is 3.11. The zero-order valence-corrected chi connectivity index (χ0v) is 25.3. The van der Waals surface area contributed by atoms with E-state index in [4.69, 9.17) is 9.72 Å². The average Bonchev–Trinajstić information content (AvgIpc) is 3.56. The molecule has 4 saturated heterocycles. The van der Waals surface area contributed by atoms with E-state index in [1.165, 1.54) is 36.8 Å². The van der Waals surface area contributed by atoms with Crippen molar-refractivity contribution in [2.75, 3.05) is 19.6 Å². The highest BCUT2D eigenvalue weighted by Crippen LogP contribution is 2.45. The monoisotopic (exact) mass is 568 g/mol. The molecule has 1 aromatic heterocycles. The van der Waals surface area contributed by atoms with Crippen LogP contribution in [-0.2, 0) is 19.7 Å². The van der Waals surface area contributed by atoms with Gasteiger partial charge in [0.1, 0.15) is 11.4 Å². The molecule has 222 valence electrons. The minimum absolute atomic E-state index is 0.0585. The van der Waals surface area contributed by atoms with Crippen molar-refractivity contribution in [2.24, 2.45) is 5.92 Å². The molecule has 4 aliphatic heterocycles. The lowest BCUT2D eigenvalue weighted by atomic mass is 9.70. The first kappa shape index (κ1) is 27.6. The first-order valence-electron chi connectivity index (χ1n) is 16.0. The Hall–Kier alpha value is -3.19. The number of likely N-dealkylation sites (tertiary alicyclic amines) is 1. The molecule has 4 atom stereocenters. The summed E-state index contributed by atoms with van der Waals surface area (Å²) in [5.74, 6) is 0.566. The van der Waals surface area contributed by atoms with Gasteiger partial charge in [0.25, 0.3) is 0 Å². The zero-order valence-electron chi connectivity index (χ0n) is 25.3. The molecule has 4 fully saturated rings. The summed E-state index contributed by atoms with van der Waals surface area (Å²) < 4.78 is 7.99. The van der Waals surface area contributed by atoms with E-state index in [2.05, 4.69) is 71.0 Å². The van der Waals surface area contributed by atoms with E-state index < -0.39 is 5.60 Å². The number of ether oxygens (including phenoxy) is 1. The molecule has 0 spiro atoms. The predicted molar refractivity (Wildman–Crippen MR) is 163 cm³/mol. The number of carbonyl (C=O) groups is 2. The maximum atomic E-state index is 13.5. The third-order valence-electron chi connectivity index (χ3n) is 11.1. The molecule has 1 unspecified atom stereocenters. The Morgan fingerprint density at radius 2 is 1.62 bits per heavy atom. The van der Waals surface area contributed by atoms with Gasteiger partial charge in [0.15, 0.2) is 0 Å². The van der Waals surface area contributed by atoms with Crippen molar-refractivity contribution in [3.8, 4) is 0 Å². The topological polar surface area (TPSA) is 67.7 Å². The molecule has 4 aliphatic rings. The Kier molecular flexibility index (Phi) is 6.92. The number of cyclic esters (lactones) is 1. The second kappa shape index (κ2) is 10.5. The standard InChI is InChI=1S/C35H44N4O3/c1-24-36-30-11-7-8-12-31(30)39(24)28-21-26-13-14-27(22-28)38(26)20-17-35(25-9-5-4-6-10-25)15-18-37(19-16-35)33(41)29-23-32(40)42-34(29,2)3/h4-12,26-29H,13-23H2,1-3H3/t26-,27+,28+,29?. The lowest BCUT2D eigenvalue weighted by Crippen LogP contribution is -2.51. The molecule has 2 bridgehead atoms. The van der Waals surface area contributed by atoms with Crippen molar-refractivity contribution < 1.29 is 14.3 Å². The molecule has 7 heteroatoms. The maximum Gasteiger partial charge on any atom is 0.307 e. The van der Waals surface area contributed by atoms with Gasteiger partial charge >= 0.3 is 5.97 Å². The predicted octanol–water partition coefficient (Wildman–Crippen LogP) is 5.80. The number of hydrogen-bond donors (Lipinski definition) is 0. The second-order valence-corrected chi connectivity index (χ2v) is 13.8. The minimum atomic E-state index is -0.727. The SMILES string of the molecule is Cc1nc2ccccc2n1[C@H]1C[C@H]2CC[C@@H](C1)N2CCC1(c2ccccc2)CCN(C(=O)C2CC(=O)OC2(C)C)CC1. The number of para-hydroxylation sites is 2. The quantitative estimate of drug-likeness (QED) is 0.352. The van der Waals surface area contributed by atoms with E-state index in [1.54, 1.807) is 0 Å². The number of aryl methyl sites for hydroxylation is 1. The largest absolute Gasteiger partial charge is 0.459 e.